The fourth-order valence-electron chi connectivity index (χ4n) is 3.54. The Bertz CT molecular complexity index is 1230. The largest absolute Gasteiger partial charge is 0.326 e. The van der Waals surface area contributed by atoms with Gasteiger partial charge in [-0.15, -0.1) is 22.7 Å². The van der Waals surface area contributed by atoms with E-state index in [9.17, 15) is 9.59 Å². The lowest BCUT2D eigenvalue weighted by molar-refractivity contribution is 0.314. The maximum absolute atomic E-state index is 12.2. The van der Waals surface area contributed by atoms with Crippen LogP contribution in [0.3, 0.4) is 0 Å². The smallest absolute Gasteiger partial charge is 0.305 e. The van der Waals surface area contributed by atoms with Gasteiger partial charge in [-0.25, -0.2) is 9.78 Å². The monoisotopic (exact) mass is 370 g/mol. The van der Waals surface area contributed by atoms with Crippen LogP contribution >= 0.6 is 22.7 Å². The highest BCUT2D eigenvalue weighted by Crippen LogP contribution is 2.40. The molecule has 5 rings (SSSR count). The van der Waals surface area contributed by atoms with Crippen molar-refractivity contribution in [3.8, 4) is 10.6 Å². The molecule has 0 aromatic carbocycles. The number of pyridine rings is 1. The lowest BCUT2D eigenvalue weighted by Crippen LogP contribution is -2.27. The van der Waals surface area contributed by atoms with Crippen LogP contribution in [0.1, 0.15) is 11.1 Å². The summed E-state index contributed by atoms with van der Waals surface area (Å²) in [5, 5.41) is 2.97. The molecule has 0 radical (unpaired) electrons. The number of aromatic amines is 2. The first kappa shape index (κ1) is 15.0. The molecule has 5 heterocycles. The van der Waals surface area contributed by atoms with Crippen LogP contribution in [0.15, 0.2) is 27.1 Å². The summed E-state index contributed by atoms with van der Waals surface area (Å²) in [5.74, 6) is 0. The van der Waals surface area contributed by atoms with Crippen LogP contribution in [0, 0.1) is 0 Å². The summed E-state index contributed by atoms with van der Waals surface area (Å²) in [5.41, 5.74) is 3.21. The van der Waals surface area contributed by atoms with E-state index in [0.717, 1.165) is 40.3 Å². The molecule has 6 nitrogen and oxygen atoms in total. The average Bonchev–Trinajstić information content (AvgIpc) is 3.21. The molecule has 0 aliphatic carbocycles. The Kier molecular flexibility index (Phi) is 3.21. The van der Waals surface area contributed by atoms with E-state index in [0.29, 0.717) is 10.2 Å². The first-order chi connectivity index (χ1) is 12.1. The van der Waals surface area contributed by atoms with Crippen molar-refractivity contribution < 1.29 is 0 Å². The average molecular weight is 370 g/mol. The van der Waals surface area contributed by atoms with Gasteiger partial charge < -0.3 is 9.88 Å². The third-order valence-corrected chi connectivity index (χ3v) is 6.61. The third kappa shape index (κ3) is 2.21. The molecule has 1 aliphatic heterocycles. The lowest BCUT2D eigenvalue weighted by Gasteiger charge is -2.27. The predicted octanol–water partition coefficient (Wildman–Crippen LogP) is 2.54. The van der Waals surface area contributed by atoms with Crippen molar-refractivity contribution in [2.24, 2.45) is 0 Å². The second-order valence-electron chi connectivity index (χ2n) is 6.28. The van der Waals surface area contributed by atoms with Gasteiger partial charge in [-0.2, -0.15) is 0 Å². The second-order valence-corrected chi connectivity index (χ2v) is 8.22. The molecule has 0 amide bonds. The number of H-pyrrole nitrogens is 2. The number of aromatic nitrogens is 3. The minimum atomic E-state index is -0.475. The minimum absolute atomic E-state index is 0.350. The van der Waals surface area contributed by atoms with Gasteiger partial charge in [-0.1, -0.05) is 6.07 Å². The van der Waals surface area contributed by atoms with Crippen LogP contribution in [0.5, 0.6) is 0 Å². The molecule has 2 N–H and O–H groups in total. The van der Waals surface area contributed by atoms with Crippen LogP contribution in [0.2, 0.25) is 0 Å². The van der Waals surface area contributed by atoms with Gasteiger partial charge >= 0.3 is 5.69 Å². The molecule has 8 heteroatoms. The van der Waals surface area contributed by atoms with Crippen LogP contribution in [-0.4, -0.2) is 33.4 Å². The number of likely N-dealkylation sites (N-methyl/N-ethyl adjacent to an activating group) is 1. The van der Waals surface area contributed by atoms with Crippen molar-refractivity contribution >= 4 is 43.1 Å². The maximum Gasteiger partial charge on any atom is 0.326 e. The summed E-state index contributed by atoms with van der Waals surface area (Å²) >= 11 is 3.02. The second kappa shape index (κ2) is 5.35. The summed E-state index contributed by atoms with van der Waals surface area (Å²) in [4.78, 5) is 38.2. The number of fused-ring (bicyclic) bond motifs is 5. The van der Waals surface area contributed by atoms with Crippen LogP contribution in [0.4, 0.5) is 0 Å². The van der Waals surface area contributed by atoms with Crippen molar-refractivity contribution in [1.29, 1.82) is 0 Å². The first-order valence-corrected chi connectivity index (χ1v) is 9.64. The van der Waals surface area contributed by atoms with E-state index in [1.807, 2.05) is 6.07 Å². The van der Waals surface area contributed by atoms with Crippen molar-refractivity contribution in [3.05, 3.63) is 49.5 Å². The predicted molar refractivity (Wildman–Crippen MR) is 102 cm³/mol. The van der Waals surface area contributed by atoms with Crippen molar-refractivity contribution in [2.45, 2.75) is 13.0 Å². The van der Waals surface area contributed by atoms with E-state index in [1.54, 1.807) is 11.3 Å². The molecule has 0 atom stereocenters. The van der Waals surface area contributed by atoms with Gasteiger partial charge in [0.25, 0.3) is 5.56 Å². The van der Waals surface area contributed by atoms with E-state index in [1.165, 1.54) is 22.5 Å². The fourth-order valence-corrected chi connectivity index (χ4v) is 5.33. The molecule has 126 valence electrons. The minimum Gasteiger partial charge on any atom is -0.305 e. The van der Waals surface area contributed by atoms with Gasteiger partial charge in [0, 0.05) is 18.5 Å². The fraction of sp³-hybridized carbons (Fsp3) is 0.235. The number of hydrogen-bond acceptors (Lipinski definition) is 6. The van der Waals surface area contributed by atoms with Gasteiger partial charge in [0.1, 0.15) is 9.53 Å². The summed E-state index contributed by atoms with van der Waals surface area (Å²) in [6.45, 7) is 1.76. The zero-order valence-electron chi connectivity index (χ0n) is 13.4. The van der Waals surface area contributed by atoms with Gasteiger partial charge in [0.2, 0.25) is 0 Å². The Balaban J connectivity index is 1.97. The van der Waals surface area contributed by atoms with Crippen LogP contribution in [0.25, 0.3) is 31.0 Å². The van der Waals surface area contributed by atoms with E-state index in [-0.39, 0.29) is 5.56 Å². The molecule has 1 aliphatic rings. The number of hydrogen-bond donors (Lipinski definition) is 2. The molecule has 0 saturated heterocycles. The topological polar surface area (TPSA) is 81.8 Å². The van der Waals surface area contributed by atoms with Gasteiger partial charge in [-0.05, 0) is 36.0 Å². The molecule has 0 spiro atoms. The Morgan fingerprint density at radius 2 is 2.12 bits per heavy atom. The SMILES string of the molecule is CN1CCc2c(-c3cccs3)nc3sc4c(=O)[nH]c(=O)[nH]c4c3c2C1. The van der Waals surface area contributed by atoms with Gasteiger partial charge in [0.05, 0.1) is 16.1 Å². The Hall–Kier alpha value is -2.29. The highest BCUT2D eigenvalue weighted by Gasteiger charge is 2.25. The zero-order valence-corrected chi connectivity index (χ0v) is 15.0. The molecule has 4 aromatic rings. The molecular weight excluding hydrogens is 356 g/mol. The van der Waals surface area contributed by atoms with Crippen molar-refractivity contribution in [2.75, 3.05) is 13.6 Å². The van der Waals surface area contributed by atoms with Gasteiger partial charge in [0.15, 0.2) is 0 Å². The Labute approximate surface area is 149 Å². The molecule has 25 heavy (non-hydrogen) atoms. The Morgan fingerprint density at radius 3 is 2.92 bits per heavy atom. The standard InChI is InChI=1S/C17H14N4O2S2/c1-21-5-4-8-9(7-21)11-13-14(15(22)20-17(23)19-13)25-16(11)18-12(8)10-3-2-6-24-10/h2-3,6H,4-5,7H2,1H3,(H2,19,20,22,23). The van der Waals surface area contributed by atoms with Crippen LogP contribution in [-0.2, 0) is 13.0 Å². The lowest BCUT2D eigenvalue weighted by atomic mass is 9.95. The molecule has 0 saturated carbocycles. The normalized spacial score (nSPS) is 15.1. The number of thiophene rings is 2. The molecule has 0 fully saturated rings. The highest BCUT2D eigenvalue weighted by molar-refractivity contribution is 7.25. The molecule has 0 bridgehead atoms. The van der Waals surface area contributed by atoms with E-state index in [4.69, 9.17) is 4.98 Å². The van der Waals surface area contributed by atoms with Crippen molar-refractivity contribution in [1.82, 2.24) is 19.9 Å². The summed E-state index contributed by atoms with van der Waals surface area (Å²) < 4.78 is 0.529. The number of rotatable bonds is 1. The summed E-state index contributed by atoms with van der Waals surface area (Å²) in [6, 6.07) is 4.11. The first-order valence-electron chi connectivity index (χ1n) is 7.95. The van der Waals surface area contributed by atoms with Crippen molar-refractivity contribution in [3.63, 3.8) is 0 Å². The highest BCUT2D eigenvalue weighted by atomic mass is 32.1. The maximum atomic E-state index is 12.2. The summed E-state index contributed by atoms with van der Waals surface area (Å²) in [7, 11) is 2.09. The van der Waals surface area contributed by atoms with Crippen LogP contribution < -0.4 is 11.2 Å². The van der Waals surface area contributed by atoms with Gasteiger partial charge in [-0.3, -0.25) is 9.78 Å². The summed E-state index contributed by atoms with van der Waals surface area (Å²) in [6.07, 6.45) is 0.909. The molecular formula is C17H14N4O2S2. The number of nitrogens with one attached hydrogen (secondary N) is 2. The number of nitrogens with zero attached hydrogens (tertiary/aromatic N) is 2. The quantitative estimate of drug-likeness (QED) is 0.539. The molecule has 4 aromatic heterocycles. The van der Waals surface area contributed by atoms with E-state index >= 15 is 0 Å². The third-order valence-electron chi connectivity index (χ3n) is 4.65. The van der Waals surface area contributed by atoms with E-state index < -0.39 is 5.69 Å². The van der Waals surface area contributed by atoms with E-state index in [2.05, 4.69) is 33.4 Å². The zero-order chi connectivity index (χ0) is 17.1. The Morgan fingerprint density at radius 1 is 1.24 bits per heavy atom. The molecule has 0 unspecified atom stereocenters.